The van der Waals surface area contributed by atoms with Gasteiger partial charge in [-0.2, -0.15) is 0 Å². The molecule has 0 saturated heterocycles. The summed E-state index contributed by atoms with van der Waals surface area (Å²) >= 11 is 0. The van der Waals surface area contributed by atoms with Crippen LogP contribution in [0.3, 0.4) is 0 Å². The van der Waals surface area contributed by atoms with Crippen molar-refractivity contribution < 1.29 is 0 Å². The molecule has 1 fully saturated rings. The minimum atomic E-state index is 0.822. The molecule has 0 bridgehead atoms. The Balaban J connectivity index is 0.00000121. The van der Waals surface area contributed by atoms with Crippen LogP contribution in [0.15, 0.2) is 12.2 Å². The molecule has 1 rings (SSSR count). The molecule has 102 valence electrons. The van der Waals surface area contributed by atoms with Crippen LogP contribution in [0, 0.1) is 11.8 Å². The Hall–Kier alpha value is -0.260. The van der Waals surface area contributed by atoms with Gasteiger partial charge in [-0.25, -0.2) is 0 Å². The van der Waals surface area contributed by atoms with Gasteiger partial charge in [-0.3, -0.25) is 0 Å². The third-order valence-electron chi connectivity index (χ3n) is 3.93. The first-order valence-electron chi connectivity index (χ1n) is 7.98. The topological polar surface area (TPSA) is 0 Å². The second kappa shape index (κ2) is 10.9. The van der Waals surface area contributed by atoms with Gasteiger partial charge in [-0.15, -0.1) is 0 Å². The van der Waals surface area contributed by atoms with Gasteiger partial charge >= 0.3 is 0 Å². The minimum Gasteiger partial charge on any atom is -0.0993 e. The third kappa shape index (κ3) is 6.29. The Morgan fingerprint density at radius 1 is 1.00 bits per heavy atom. The molecule has 0 spiro atoms. The molecule has 0 atom stereocenters. The van der Waals surface area contributed by atoms with E-state index in [1.165, 1.54) is 57.8 Å². The maximum absolute atomic E-state index is 4.42. The smallest absolute Gasteiger partial charge is 0.0203 e. The molecule has 0 heteroatoms. The Kier molecular flexibility index (Phi) is 10.7. The van der Waals surface area contributed by atoms with Crippen LogP contribution < -0.4 is 0 Å². The summed E-state index contributed by atoms with van der Waals surface area (Å²) in [7, 11) is 0. The van der Waals surface area contributed by atoms with Gasteiger partial charge in [0, 0.05) is 0 Å². The first-order valence-corrected chi connectivity index (χ1v) is 7.98. The molecule has 1 saturated carbocycles. The van der Waals surface area contributed by atoms with Gasteiger partial charge in [-0.05, 0) is 37.5 Å². The lowest BCUT2D eigenvalue weighted by molar-refractivity contribution is 0.355. The standard InChI is InChI=1S/C15H28.C2H6/c1-4-9-14(10-5-2)13(3)15-11-7-6-8-12-15;1-2/h14-15H,3-12H2,1-2H3;1-2H3. The average molecular weight is 238 g/mol. The van der Waals surface area contributed by atoms with E-state index < -0.39 is 0 Å². The zero-order valence-corrected chi connectivity index (χ0v) is 12.7. The lowest BCUT2D eigenvalue weighted by Crippen LogP contribution is -2.15. The van der Waals surface area contributed by atoms with Crippen LogP contribution in [-0.2, 0) is 0 Å². The fourth-order valence-corrected chi connectivity index (χ4v) is 3.02. The summed E-state index contributed by atoms with van der Waals surface area (Å²) in [6.07, 6.45) is 12.5. The normalized spacial score (nSPS) is 16.5. The minimum absolute atomic E-state index is 0.822. The highest BCUT2D eigenvalue weighted by molar-refractivity contribution is 5.06. The predicted octanol–water partition coefficient (Wildman–Crippen LogP) is 6.37. The molecule has 0 unspecified atom stereocenters. The highest BCUT2D eigenvalue weighted by Crippen LogP contribution is 2.35. The molecule has 0 aliphatic heterocycles. The summed E-state index contributed by atoms with van der Waals surface area (Å²) in [6, 6.07) is 0. The van der Waals surface area contributed by atoms with E-state index in [1.54, 1.807) is 5.57 Å². The van der Waals surface area contributed by atoms with Gasteiger partial charge in [0.25, 0.3) is 0 Å². The summed E-state index contributed by atoms with van der Waals surface area (Å²) in [4.78, 5) is 0. The summed E-state index contributed by atoms with van der Waals surface area (Å²) in [6.45, 7) is 13.0. The molecule has 0 nitrogen and oxygen atoms in total. The van der Waals surface area contributed by atoms with Gasteiger partial charge in [0.2, 0.25) is 0 Å². The van der Waals surface area contributed by atoms with Crippen molar-refractivity contribution in [2.75, 3.05) is 0 Å². The molecular weight excluding hydrogens is 204 g/mol. The van der Waals surface area contributed by atoms with E-state index >= 15 is 0 Å². The van der Waals surface area contributed by atoms with Crippen molar-refractivity contribution in [1.29, 1.82) is 0 Å². The van der Waals surface area contributed by atoms with Crippen molar-refractivity contribution >= 4 is 0 Å². The fraction of sp³-hybridized carbons (Fsp3) is 0.882. The predicted molar refractivity (Wildman–Crippen MR) is 80.4 cm³/mol. The largest absolute Gasteiger partial charge is 0.0993 e. The van der Waals surface area contributed by atoms with Crippen LogP contribution in [0.4, 0.5) is 0 Å². The van der Waals surface area contributed by atoms with Crippen LogP contribution >= 0.6 is 0 Å². The number of hydrogen-bond acceptors (Lipinski definition) is 0. The molecule has 0 heterocycles. The Bertz CT molecular complexity index is 168. The summed E-state index contributed by atoms with van der Waals surface area (Å²) in [5.74, 6) is 1.69. The summed E-state index contributed by atoms with van der Waals surface area (Å²) in [5.41, 5.74) is 1.60. The zero-order valence-electron chi connectivity index (χ0n) is 12.7. The van der Waals surface area contributed by atoms with E-state index in [1.807, 2.05) is 13.8 Å². The lowest BCUT2D eigenvalue weighted by atomic mass is 9.77. The van der Waals surface area contributed by atoms with E-state index in [2.05, 4.69) is 20.4 Å². The molecule has 17 heavy (non-hydrogen) atoms. The molecule has 0 amide bonds. The first-order chi connectivity index (χ1) is 8.29. The fourth-order valence-electron chi connectivity index (χ4n) is 3.02. The molecule has 0 radical (unpaired) electrons. The number of allylic oxidation sites excluding steroid dienone is 1. The highest BCUT2D eigenvalue weighted by atomic mass is 14.3. The quantitative estimate of drug-likeness (QED) is 0.472. The van der Waals surface area contributed by atoms with E-state index in [0.717, 1.165) is 11.8 Å². The molecule has 0 N–H and O–H groups in total. The summed E-state index contributed by atoms with van der Waals surface area (Å²) in [5, 5.41) is 0. The molecule has 0 aromatic heterocycles. The van der Waals surface area contributed by atoms with Crippen LogP contribution in [0.2, 0.25) is 0 Å². The lowest BCUT2D eigenvalue weighted by Gasteiger charge is -2.29. The van der Waals surface area contributed by atoms with Gasteiger partial charge < -0.3 is 0 Å². The van der Waals surface area contributed by atoms with E-state index in [9.17, 15) is 0 Å². The Morgan fingerprint density at radius 3 is 1.88 bits per heavy atom. The van der Waals surface area contributed by atoms with Crippen LogP contribution in [-0.4, -0.2) is 0 Å². The van der Waals surface area contributed by atoms with Crippen LogP contribution in [0.5, 0.6) is 0 Å². The van der Waals surface area contributed by atoms with E-state index in [4.69, 9.17) is 0 Å². The van der Waals surface area contributed by atoms with Gasteiger partial charge in [0.1, 0.15) is 0 Å². The van der Waals surface area contributed by atoms with Crippen molar-refractivity contribution in [3.05, 3.63) is 12.2 Å². The van der Waals surface area contributed by atoms with E-state index in [-0.39, 0.29) is 0 Å². The third-order valence-corrected chi connectivity index (χ3v) is 3.93. The Morgan fingerprint density at radius 2 is 1.47 bits per heavy atom. The number of hydrogen-bond donors (Lipinski definition) is 0. The molecule has 1 aliphatic carbocycles. The van der Waals surface area contributed by atoms with Gasteiger partial charge in [-0.1, -0.05) is 72.0 Å². The van der Waals surface area contributed by atoms with Gasteiger partial charge in [0.05, 0.1) is 0 Å². The monoisotopic (exact) mass is 238 g/mol. The SMILES string of the molecule is C=C(C(CCC)CCC)C1CCCCC1.CC. The maximum Gasteiger partial charge on any atom is -0.0203 e. The van der Waals surface area contributed by atoms with E-state index in [0.29, 0.717) is 0 Å². The first kappa shape index (κ1) is 16.7. The zero-order chi connectivity index (χ0) is 13.1. The molecular formula is C17H34. The average Bonchev–Trinajstić information content (AvgIpc) is 2.41. The maximum atomic E-state index is 4.42. The molecule has 0 aromatic carbocycles. The highest BCUT2D eigenvalue weighted by Gasteiger charge is 2.21. The van der Waals surface area contributed by atoms with Crippen molar-refractivity contribution in [2.24, 2.45) is 11.8 Å². The molecule has 0 aromatic rings. The number of rotatable bonds is 6. The van der Waals surface area contributed by atoms with Crippen molar-refractivity contribution in [3.63, 3.8) is 0 Å². The van der Waals surface area contributed by atoms with Crippen molar-refractivity contribution in [1.82, 2.24) is 0 Å². The summed E-state index contributed by atoms with van der Waals surface area (Å²) < 4.78 is 0. The van der Waals surface area contributed by atoms with Gasteiger partial charge in [0.15, 0.2) is 0 Å². The van der Waals surface area contributed by atoms with Crippen LogP contribution in [0.25, 0.3) is 0 Å². The Labute approximate surface area is 110 Å². The molecule has 1 aliphatic rings. The second-order valence-electron chi connectivity index (χ2n) is 5.18. The second-order valence-corrected chi connectivity index (χ2v) is 5.18. The van der Waals surface area contributed by atoms with Crippen molar-refractivity contribution in [2.45, 2.75) is 85.5 Å². The van der Waals surface area contributed by atoms with Crippen molar-refractivity contribution in [3.8, 4) is 0 Å². The van der Waals surface area contributed by atoms with Crippen LogP contribution in [0.1, 0.15) is 85.5 Å².